The lowest BCUT2D eigenvalue weighted by Crippen LogP contribution is -2.03. The molecule has 0 saturated carbocycles. The molecule has 19 heavy (non-hydrogen) atoms. The van der Waals surface area contributed by atoms with Gasteiger partial charge in [-0.3, -0.25) is 0 Å². The summed E-state index contributed by atoms with van der Waals surface area (Å²) in [5.74, 6) is -1.32. The Bertz CT molecular complexity index is 650. The molecule has 0 aliphatic heterocycles. The first kappa shape index (κ1) is 13.5. The predicted octanol–water partition coefficient (Wildman–Crippen LogP) is 4.21. The number of halogens is 3. The van der Waals surface area contributed by atoms with Gasteiger partial charge in [0, 0.05) is 12.6 Å². The van der Waals surface area contributed by atoms with Crippen LogP contribution in [0.25, 0.3) is 0 Å². The molecule has 0 spiro atoms. The highest BCUT2D eigenvalue weighted by atomic mass is 79.9. The summed E-state index contributed by atoms with van der Waals surface area (Å²) in [5.41, 5.74) is 1.46. The third-order valence-electron chi connectivity index (χ3n) is 2.62. The summed E-state index contributed by atoms with van der Waals surface area (Å²) >= 11 is 3.00. The summed E-state index contributed by atoms with van der Waals surface area (Å²) in [6.07, 6.45) is 0. The number of hydrogen-bond acceptors (Lipinski definition) is 2. The van der Waals surface area contributed by atoms with Crippen molar-refractivity contribution in [1.82, 2.24) is 0 Å². The molecule has 2 nitrogen and oxygen atoms in total. The SMILES string of the molecule is N#Cc1ccccc1CNc1cc(Br)c(F)cc1F. The Hall–Kier alpha value is -1.93. The number of benzene rings is 2. The fourth-order valence-electron chi connectivity index (χ4n) is 1.63. The van der Waals surface area contributed by atoms with Crippen molar-refractivity contribution in [3.63, 3.8) is 0 Å². The lowest BCUT2D eigenvalue weighted by Gasteiger charge is -2.09. The lowest BCUT2D eigenvalue weighted by molar-refractivity contribution is 0.580. The van der Waals surface area contributed by atoms with Crippen LogP contribution in [0.1, 0.15) is 11.1 Å². The molecule has 0 amide bonds. The van der Waals surface area contributed by atoms with Crippen LogP contribution in [0.2, 0.25) is 0 Å². The van der Waals surface area contributed by atoms with Gasteiger partial charge < -0.3 is 5.32 Å². The zero-order valence-corrected chi connectivity index (χ0v) is 11.3. The van der Waals surface area contributed by atoms with Crippen molar-refractivity contribution >= 4 is 21.6 Å². The van der Waals surface area contributed by atoms with E-state index >= 15 is 0 Å². The van der Waals surface area contributed by atoms with E-state index in [1.165, 1.54) is 6.07 Å². The van der Waals surface area contributed by atoms with E-state index in [9.17, 15) is 8.78 Å². The third-order valence-corrected chi connectivity index (χ3v) is 3.22. The first-order chi connectivity index (χ1) is 9.11. The Morgan fingerprint density at radius 3 is 2.63 bits per heavy atom. The predicted molar refractivity (Wildman–Crippen MR) is 72.5 cm³/mol. The molecule has 0 saturated heterocycles. The lowest BCUT2D eigenvalue weighted by atomic mass is 10.1. The standard InChI is InChI=1S/C14H9BrF2N2/c15-11-5-14(13(17)6-12(11)16)19-8-10-4-2-1-3-9(10)7-18/h1-6,19H,8H2. The quantitative estimate of drug-likeness (QED) is 0.859. The smallest absolute Gasteiger partial charge is 0.149 e. The van der Waals surface area contributed by atoms with E-state index in [4.69, 9.17) is 5.26 Å². The molecule has 1 N–H and O–H groups in total. The zero-order chi connectivity index (χ0) is 13.8. The van der Waals surface area contributed by atoms with Crippen molar-refractivity contribution in [3.05, 3.63) is 63.6 Å². The number of hydrogen-bond donors (Lipinski definition) is 1. The highest BCUT2D eigenvalue weighted by Gasteiger charge is 2.08. The van der Waals surface area contributed by atoms with E-state index in [0.29, 0.717) is 12.1 Å². The van der Waals surface area contributed by atoms with Gasteiger partial charge in [-0.15, -0.1) is 0 Å². The fourth-order valence-corrected chi connectivity index (χ4v) is 1.98. The molecule has 0 aliphatic carbocycles. The van der Waals surface area contributed by atoms with Crippen LogP contribution in [0.5, 0.6) is 0 Å². The summed E-state index contributed by atoms with van der Waals surface area (Å²) in [6, 6.07) is 11.2. The minimum absolute atomic E-state index is 0.181. The van der Waals surface area contributed by atoms with E-state index < -0.39 is 11.6 Å². The van der Waals surface area contributed by atoms with Gasteiger partial charge in [0.15, 0.2) is 0 Å². The summed E-state index contributed by atoms with van der Waals surface area (Å²) < 4.78 is 26.8. The van der Waals surface area contributed by atoms with Crippen LogP contribution in [0.4, 0.5) is 14.5 Å². The normalized spacial score (nSPS) is 10.0. The molecule has 2 aromatic rings. The van der Waals surface area contributed by atoms with Gasteiger partial charge in [-0.2, -0.15) is 5.26 Å². The molecule has 96 valence electrons. The highest BCUT2D eigenvalue weighted by Crippen LogP contribution is 2.24. The summed E-state index contributed by atoms with van der Waals surface area (Å²) in [7, 11) is 0. The van der Waals surface area contributed by atoms with E-state index in [0.717, 1.165) is 11.6 Å². The molecule has 0 atom stereocenters. The molecule has 2 rings (SSSR count). The van der Waals surface area contributed by atoms with Crippen LogP contribution >= 0.6 is 15.9 Å². The van der Waals surface area contributed by atoms with E-state index in [1.807, 2.05) is 0 Å². The van der Waals surface area contributed by atoms with Crippen molar-refractivity contribution in [1.29, 1.82) is 5.26 Å². The topological polar surface area (TPSA) is 35.8 Å². The molecule has 0 aromatic heterocycles. The molecule has 0 aliphatic rings. The van der Waals surface area contributed by atoms with Gasteiger partial charge in [0.1, 0.15) is 11.6 Å². The molecular weight excluding hydrogens is 314 g/mol. The van der Waals surface area contributed by atoms with Crippen molar-refractivity contribution in [2.24, 2.45) is 0 Å². The molecule has 0 heterocycles. The highest BCUT2D eigenvalue weighted by molar-refractivity contribution is 9.10. The molecule has 5 heteroatoms. The number of anilines is 1. The minimum Gasteiger partial charge on any atom is -0.379 e. The first-order valence-corrected chi connectivity index (χ1v) is 6.27. The molecule has 0 bridgehead atoms. The van der Waals surface area contributed by atoms with Gasteiger partial charge in [0.25, 0.3) is 0 Å². The van der Waals surface area contributed by atoms with Gasteiger partial charge >= 0.3 is 0 Å². The zero-order valence-electron chi connectivity index (χ0n) is 9.75. The van der Waals surface area contributed by atoms with Crippen LogP contribution in [-0.4, -0.2) is 0 Å². The monoisotopic (exact) mass is 322 g/mol. The maximum atomic E-state index is 13.5. The maximum Gasteiger partial charge on any atom is 0.149 e. The average molecular weight is 323 g/mol. The second-order valence-electron chi connectivity index (χ2n) is 3.87. The Kier molecular flexibility index (Phi) is 4.13. The number of nitrogens with zero attached hydrogens (tertiary/aromatic N) is 1. The fraction of sp³-hybridized carbons (Fsp3) is 0.0714. The van der Waals surface area contributed by atoms with Crippen LogP contribution in [0, 0.1) is 23.0 Å². The number of nitriles is 1. The van der Waals surface area contributed by atoms with Gasteiger partial charge in [-0.05, 0) is 33.6 Å². The number of rotatable bonds is 3. The van der Waals surface area contributed by atoms with Crippen LogP contribution in [0.15, 0.2) is 40.9 Å². The molecule has 0 radical (unpaired) electrons. The summed E-state index contributed by atoms with van der Waals surface area (Å²) in [4.78, 5) is 0. The van der Waals surface area contributed by atoms with Crippen LogP contribution in [0.3, 0.4) is 0 Å². The van der Waals surface area contributed by atoms with Crippen molar-refractivity contribution in [2.75, 3.05) is 5.32 Å². The Balaban J connectivity index is 2.20. The van der Waals surface area contributed by atoms with Crippen LogP contribution in [-0.2, 0) is 6.54 Å². The maximum absolute atomic E-state index is 13.5. The largest absolute Gasteiger partial charge is 0.379 e. The van der Waals surface area contributed by atoms with E-state index in [-0.39, 0.29) is 10.2 Å². The first-order valence-electron chi connectivity index (χ1n) is 5.48. The minimum atomic E-state index is -0.671. The molecular formula is C14H9BrF2N2. The Morgan fingerprint density at radius 2 is 1.89 bits per heavy atom. The van der Waals surface area contributed by atoms with Gasteiger partial charge in [-0.1, -0.05) is 18.2 Å². The molecule has 0 fully saturated rings. The van der Waals surface area contributed by atoms with E-state index in [2.05, 4.69) is 27.3 Å². The summed E-state index contributed by atoms with van der Waals surface area (Å²) in [5, 5.41) is 11.8. The average Bonchev–Trinajstić information content (AvgIpc) is 2.41. The van der Waals surface area contributed by atoms with Crippen LogP contribution < -0.4 is 5.32 Å². The Morgan fingerprint density at radius 1 is 1.16 bits per heavy atom. The molecule has 0 unspecified atom stereocenters. The van der Waals surface area contributed by atoms with Gasteiger partial charge in [0.05, 0.1) is 21.8 Å². The van der Waals surface area contributed by atoms with E-state index in [1.54, 1.807) is 24.3 Å². The second kappa shape index (κ2) is 5.81. The number of nitrogens with one attached hydrogen (secondary N) is 1. The van der Waals surface area contributed by atoms with Crippen molar-refractivity contribution in [3.8, 4) is 6.07 Å². The summed E-state index contributed by atoms with van der Waals surface area (Å²) in [6.45, 7) is 0.290. The Labute approximate surface area is 117 Å². The molecule has 2 aromatic carbocycles. The van der Waals surface area contributed by atoms with Gasteiger partial charge in [0.2, 0.25) is 0 Å². The second-order valence-corrected chi connectivity index (χ2v) is 4.72. The van der Waals surface area contributed by atoms with Gasteiger partial charge in [-0.25, -0.2) is 8.78 Å². The third kappa shape index (κ3) is 3.09. The van der Waals surface area contributed by atoms with Crippen molar-refractivity contribution < 1.29 is 8.78 Å². The van der Waals surface area contributed by atoms with Crippen molar-refractivity contribution in [2.45, 2.75) is 6.54 Å².